The maximum absolute atomic E-state index is 5.12. The summed E-state index contributed by atoms with van der Waals surface area (Å²) < 4.78 is 2.02. The Balaban J connectivity index is 2.92. The zero-order chi connectivity index (χ0) is 7.84. The van der Waals surface area contributed by atoms with Gasteiger partial charge >= 0.3 is 0 Å². The second-order valence-electron chi connectivity index (χ2n) is 2.60. The molecule has 1 aromatic carbocycles. The zero-order valence-corrected chi connectivity index (χ0v) is 7.06. The van der Waals surface area contributed by atoms with Gasteiger partial charge in [0.2, 0.25) is 0 Å². The zero-order valence-electron chi connectivity index (χ0n) is 6.24. The molecule has 0 amide bonds. The Morgan fingerprint density at radius 3 is 2.73 bits per heavy atom. The SMILES string of the molecule is Cn1c([S])cc2ccccc21. The van der Waals surface area contributed by atoms with Gasteiger partial charge in [-0.25, -0.2) is 0 Å². The summed E-state index contributed by atoms with van der Waals surface area (Å²) in [6.07, 6.45) is 0. The average Bonchev–Trinajstić information content (AvgIpc) is 2.30. The second kappa shape index (κ2) is 2.24. The van der Waals surface area contributed by atoms with Crippen molar-refractivity contribution in [2.75, 3.05) is 0 Å². The fourth-order valence-corrected chi connectivity index (χ4v) is 1.49. The van der Waals surface area contributed by atoms with Crippen molar-refractivity contribution >= 4 is 23.5 Å². The highest BCUT2D eigenvalue weighted by Crippen LogP contribution is 2.19. The van der Waals surface area contributed by atoms with E-state index in [1.807, 2.05) is 29.8 Å². The van der Waals surface area contributed by atoms with Gasteiger partial charge in [0.1, 0.15) is 5.03 Å². The molecule has 1 radical (unpaired) electrons. The first-order valence-corrected chi connectivity index (χ1v) is 3.91. The van der Waals surface area contributed by atoms with Gasteiger partial charge < -0.3 is 4.57 Å². The van der Waals surface area contributed by atoms with Crippen molar-refractivity contribution < 1.29 is 0 Å². The van der Waals surface area contributed by atoms with Crippen molar-refractivity contribution in [3.63, 3.8) is 0 Å². The van der Waals surface area contributed by atoms with Crippen LogP contribution in [0.2, 0.25) is 0 Å². The lowest BCUT2D eigenvalue weighted by molar-refractivity contribution is 0.866. The van der Waals surface area contributed by atoms with Gasteiger partial charge in [0.25, 0.3) is 0 Å². The summed E-state index contributed by atoms with van der Waals surface area (Å²) in [6, 6.07) is 10.2. The van der Waals surface area contributed by atoms with E-state index in [-0.39, 0.29) is 0 Å². The topological polar surface area (TPSA) is 4.93 Å². The number of fused-ring (bicyclic) bond motifs is 1. The number of rotatable bonds is 0. The predicted octanol–water partition coefficient (Wildman–Crippen LogP) is 2.73. The molecule has 55 valence electrons. The maximum Gasteiger partial charge on any atom is 0.106 e. The quantitative estimate of drug-likeness (QED) is 0.561. The molecule has 0 aliphatic heterocycles. The Bertz CT molecular complexity index is 389. The van der Waals surface area contributed by atoms with Crippen LogP contribution in [0.15, 0.2) is 35.4 Å². The van der Waals surface area contributed by atoms with Crippen molar-refractivity contribution in [2.24, 2.45) is 7.05 Å². The highest BCUT2D eigenvalue weighted by Gasteiger charge is 2.00. The third kappa shape index (κ3) is 0.906. The lowest BCUT2D eigenvalue weighted by Gasteiger charge is -1.94. The first-order valence-electron chi connectivity index (χ1n) is 3.50. The molecule has 0 N–H and O–H groups in total. The van der Waals surface area contributed by atoms with Crippen LogP contribution >= 0.6 is 12.6 Å². The number of aromatic nitrogens is 1. The normalized spacial score (nSPS) is 10.6. The number of aryl methyl sites for hydroxylation is 1. The Kier molecular flexibility index (Phi) is 1.36. The molecular formula is C9H8NS. The second-order valence-corrected chi connectivity index (χ2v) is 3.02. The maximum atomic E-state index is 5.12. The molecule has 0 atom stereocenters. The van der Waals surface area contributed by atoms with Crippen LogP contribution in [-0.4, -0.2) is 4.57 Å². The Morgan fingerprint density at radius 2 is 2.00 bits per heavy atom. The lowest BCUT2D eigenvalue weighted by Crippen LogP contribution is -1.85. The fraction of sp³-hybridized carbons (Fsp3) is 0.111. The molecule has 0 aliphatic carbocycles. The summed E-state index contributed by atoms with van der Waals surface area (Å²) in [5.74, 6) is 0. The number of hydrogen-bond donors (Lipinski definition) is 0. The first kappa shape index (κ1) is 6.68. The first-order chi connectivity index (χ1) is 5.29. The van der Waals surface area contributed by atoms with Crippen LogP contribution in [0, 0.1) is 0 Å². The van der Waals surface area contributed by atoms with E-state index in [0.717, 1.165) is 5.03 Å². The number of para-hydroxylation sites is 1. The van der Waals surface area contributed by atoms with Crippen LogP contribution in [0.1, 0.15) is 0 Å². The molecule has 0 bridgehead atoms. The third-order valence-electron chi connectivity index (χ3n) is 1.91. The van der Waals surface area contributed by atoms with E-state index in [0.29, 0.717) is 0 Å². The third-order valence-corrected chi connectivity index (χ3v) is 2.30. The minimum Gasteiger partial charge on any atom is -0.335 e. The summed E-state index contributed by atoms with van der Waals surface area (Å²) in [6.45, 7) is 0. The van der Waals surface area contributed by atoms with Crippen molar-refractivity contribution in [1.29, 1.82) is 0 Å². The molecule has 1 nitrogen and oxygen atoms in total. The Hall–Kier alpha value is -1.02. The van der Waals surface area contributed by atoms with Gasteiger partial charge in [0.15, 0.2) is 0 Å². The van der Waals surface area contributed by atoms with Crippen molar-refractivity contribution in [1.82, 2.24) is 4.57 Å². The molecule has 0 fully saturated rings. The molecular weight excluding hydrogens is 154 g/mol. The van der Waals surface area contributed by atoms with Gasteiger partial charge in [-0.1, -0.05) is 30.8 Å². The van der Waals surface area contributed by atoms with Crippen LogP contribution in [0.3, 0.4) is 0 Å². The molecule has 0 spiro atoms. The lowest BCUT2D eigenvalue weighted by atomic mass is 10.2. The molecule has 0 unspecified atom stereocenters. The number of hydrogen-bond acceptors (Lipinski definition) is 0. The highest BCUT2D eigenvalue weighted by atomic mass is 32.1. The summed E-state index contributed by atoms with van der Waals surface area (Å²) in [5.41, 5.74) is 1.21. The molecule has 1 aromatic heterocycles. The van der Waals surface area contributed by atoms with Crippen molar-refractivity contribution in [3.05, 3.63) is 30.3 Å². The van der Waals surface area contributed by atoms with E-state index in [1.54, 1.807) is 0 Å². The average molecular weight is 162 g/mol. The van der Waals surface area contributed by atoms with Crippen LogP contribution in [0.5, 0.6) is 0 Å². The van der Waals surface area contributed by atoms with Gasteiger partial charge in [0, 0.05) is 18.0 Å². The Morgan fingerprint density at radius 1 is 1.27 bits per heavy atom. The van der Waals surface area contributed by atoms with Gasteiger partial charge in [0.05, 0.1) is 0 Å². The number of nitrogens with zero attached hydrogens (tertiary/aromatic N) is 1. The molecule has 0 saturated carbocycles. The van der Waals surface area contributed by atoms with E-state index < -0.39 is 0 Å². The summed E-state index contributed by atoms with van der Waals surface area (Å²) >= 11 is 5.12. The van der Waals surface area contributed by atoms with E-state index in [1.165, 1.54) is 10.9 Å². The van der Waals surface area contributed by atoms with Crippen molar-refractivity contribution in [3.8, 4) is 0 Å². The summed E-state index contributed by atoms with van der Waals surface area (Å²) in [4.78, 5) is 0. The van der Waals surface area contributed by atoms with E-state index in [9.17, 15) is 0 Å². The standard InChI is InChI=1S/C9H8NS/c1-10-8-5-3-2-4-7(8)6-9(10)11/h2-6H,1H3. The van der Waals surface area contributed by atoms with Crippen LogP contribution in [-0.2, 0) is 7.05 Å². The van der Waals surface area contributed by atoms with E-state index in [4.69, 9.17) is 12.6 Å². The number of benzene rings is 1. The van der Waals surface area contributed by atoms with Crippen LogP contribution < -0.4 is 0 Å². The van der Waals surface area contributed by atoms with Gasteiger partial charge in [-0.15, -0.1) is 0 Å². The summed E-state index contributed by atoms with van der Waals surface area (Å²) in [5, 5.41) is 2.12. The van der Waals surface area contributed by atoms with Crippen LogP contribution in [0.4, 0.5) is 0 Å². The fourth-order valence-electron chi connectivity index (χ4n) is 1.26. The predicted molar refractivity (Wildman–Crippen MR) is 48.8 cm³/mol. The molecule has 2 aromatic rings. The summed E-state index contributed by atoms with van der Waals surface area (Å²) in [7, 11) is 1.99. The van der Waals surface area contributed by atoms with Gasteiger partial charge in [-0.3, -0.25) is 0 Å². The Labute approximate surface area is 71.1 Å². The van der Waals surface area contributed by atoms with Gasteiger partial charge in [-0.05, 0) is 12.1 Å². The van der Waals surface area contributed by atoms with Gasteiger partial charge in [-0.2, -0.15) is 0 Å². The minimum atomic E-state index is 0.895. The van der Waals surface area contributed by atoms with Crippen LogP contribution in [0.25, 0.3) is 10.9 Å². The molecule has 1 heterocycles. The minimum absolute atomic E-state index is 0.895. The molecule has 2 rings (SSSR count). The highest BCUT2D eigenvalue weighted by molar-refractivity contribution is 7.80. The van der Waals surface area contributed by atoms with Crippen molar-refractivity contribution in [2.45, 2.75) is 5.03 Å². The molecule has 0 aliphatic rings. The van der Waals surface area contributed by atoms with E-state index >= 15 is 0 Å². The largest absolute Gasteiger partial charge is 0.335 e. The molecule has 0 saturated heterocycles. The molecule has 2 heteroatoms. The molecule has 11 heavy (non-hydrogen) atoms. The monoisotopic (exact) mass is 162 g/mol. The smallest absolute Gasteiger partial charge is 0.106 e. The van der Waals surface area contributed by atoms with E-state index in [2.05, 4.69) is 12.1 Å².